The molecule has 1 heterocycles. The molecule has 1 unspecified atom stereocenters. The highest BCUT2D eigenvalue weighted by Crippen LogP contribution is 2.17. The first-order chi connectivity index (χ1) is 9.99. The van der Waals surface area contributed by atoms with Crippen molar-refractivity contribution in [3.63, 3.8) is 0 Å². The number of rotatable bonds is 4. The maximum Gasteiger partial charge on any atom is 0.251 e. The first-order valence-corrected chi connectivity index (χ1v) is 7.48. The van der Waals surface area contributed by atoms with Gasteiger partial charge in [-0.3, -0.25) is 4.79 Å². The Balaban J connectivity index is 2.10. The number of nitrogens with zero attached hydrogens (tertiary/aromatic N) is 1. The van der Waals surface area contributed by atoms with Crippen molar-refractivity contribution in [1.29, 1.82) is 0 Å². The van der Waals surface area contributed by atoms with E-state index in [2.05, 4.69) is 29.4 Å². The Kier molecular flexibility index (Phi) is 5.21. The smallest absolute Gasteiger partial charge is 0.251 e. The molecule has 0 aliphatic heterocycles. The zero-order valence-electron chi connectivity index (χ0n) is 11.9. The fourth-order valence-electron chi connectivity index (χ4n) is 2.00. The molecule has 110 valence electrons. The van der Waals surface area contributed by atoms with E-state index in [1.54, 1.807) is 0 Å². The summed E-state index contributed by atoms with van der Waals surface area (Å²) in [6, 6.07) is 11.1. The van der Waals surface area contributed by atoms with Gasteiger partial charge < -0.3 is 5.32 Å². The van der Waals surface area contributed by atoms with Crippen molar-refractivity contribution >= 4 is 29.1 Å². The number of aryl methyl sites for hydroxylation is 1. The predicted molar refractivity (Wildman–Crippen MR) is 86.0 cm³/mol. The van der Waals surface area contributed by atoms with Crippen LogP contribution in [0.25, 0.3) is 0 Å². The first-order valence-electron chi connectivity index (χ1n) is 6.72. The lowest BCUT2D eigenvalue weighted by molar-refractivity contribution is 0.0940. The van der Waals surface area contributed by atoms with E-state index in [1.165, 1.54) is 17.7 Å². The zero-order chi connectivity index (χ0) is 15.4. The molecule has 1 aromatic heterocycles. The lowest BCUT2D eigenvalue weighted by atomic mass is 10.0. The molecule has 0 saturated heterocycles. The molecule has 2 aromatic rings. The maximum atomic E-state index is 12.2. The Hall–Kier alpha value is -1.58. The number of halogens is 2. The van der Waals surface area contributed by atoms with Crippen LogP contribution in [0.2, 0.25) is 10.3 Å². The van der Waals surface area contributed by atoms with E-state index in [0.29, 0.717) is 5.56 Å². The van der Waals surface area contributed by atoms with Gasteiger partial charge in [-0.2, -0.15) is 0 Å². The molecule has 0 aliphatic carbocycles. The van der Waals surface area contributed by atoms with Gasteiger partial charge in [0.25, 0.3) is 5.91 Å². The average molecular weight is 323 g/mol. The van der Waals surface area contributed by atoms with E-state index in [9.17, 15) is 4.79 Å². The highest BCUT2D eigenvalue weighted by molar-refractivity contribution is 6.33. The Morgan fingerprint density at radius 1 is 1.19 bits per heavy atom. The Morgan fingerprint density at radius 3 is 2.29 bits per heavy atom. The molecule has 1 atom stereocenters. The molecule has 0 spiro atoms. The molecule has 1 N–H and O–H groups in total. The lowest BCUT2D eigenvalue weighted by Crippen LogP contribution is -2.26. The van der Waals surface area contributed by atoms with Crippen LogP contribution in [0, 0.1) is 0 Å². The van der Waals surface area contributed by atoms with Gasteiger partial charge in [0.1, 0.15) is 10.3 Å². The molecule has 0 saturated carbocycles. The van der Waals surface area contributed by atoms with E-state index in [0.717, 1.165) is 12.0 Å². The number of carbonyl (C=O) groups is 1. The minimum atomic E-state index is -0.228. The quantitative estimate of drug-likeness (QED) is 0.845. The third-order valence-electron chi connectivity index (χ3n) is 3.26. The summed E-state index contributed by atoms with van der Waals surface area (Å²) in [5.41, 5.74) is 2.72. The van der Waals surface area contributed by atoms with Gasteiger partial charge in [-0.05, 0) is 36.6 Å². The van der Waals surface area contributed by atoms with Gasteiger partial charge in [-0.15, -0.1) is 0 Å². The Labute approximate surface area is 134 Å². The van der Waals surface area contributed by atoms with Crippen molar-refractivity contribution in [2.45, 2.75) is 26.3 Å². The first kappa shape index (κ1) is 15.8. The molecule has 2 rings (SSSR count). The molecular weight excluding hydrogens is 307 g/mol. The highest BCUT2D eigenvalue weighted by Gasteiger charge is 2.13. The number of amides is 1. The minimum Gasteiger partial charge on any atom is -0.346 e. The number of carbonyl (C=O) groups excluding carboxylic acids is 1. The number of aromatic nitrogens is 1. The van der Waals surface area contributed by atoms with Crippen molar-refractivity contribution in [2.75, 3.05) is 0 Å². The third-order valence-corrected chi connectivity index (χ3v) is 3.65. The van der Waals surface area contributed by atoms with Gasteiger partial charge >= 0.3 is 0 Å². The van der Waals surface area contributed by atoms with Crippen molar-refractivity contribution in [3.05, 3.63) is 63.4 Å². The second-order valence-electron chi connectivity index (χ2n) is 4.79. The van der Waals surface area contributed by atoms with Crippen molar-refractivity contribution < 1.29 is 4.79 Å². The molecule has 0 radical (unpaired) electrons. The molecule has 21 heavy (non-hydrogen) atoms. The number of pyridine rings is 1. The van der Waals surface area contributed by atoms with Crippen LogP contribution in [0.15, 0.2) is 36.4 Å². The molecule has 0 fully saturated rings. The Bertz CT molecular complexity index is 621. The van der Waals surface area contributed by atoms with Crippen LogP contribution in [0.1, 0.15) is 41.4 Å². The van der Waals surface area contributed by atoms with Crippen LogP contribution in [-0.4, -0.2) is 10.9 Å². The highest BCUT2D eigenvalue weighted by atomic mass is 35.5. The average Bonchev–Trinajstić information content (AvgIpc) is 2.46. The summed E-state index contributed by atoms with van der Waals surface area (Å²) in [5.74, 6) is -0.228. The van der Waals surface area contributed by atoms with Crippen molar-refractivity contribution in [3.8, 4) is 0 Å². The fourth-order valence-corrected chi connectivity index (χ4v) is 2.46. The van der Waals surface area contributed by atoms with E-state index >= 15 is 0 Å². The molecule has 1 amide bonds. The van der Waals surface area contributed by atoms with E-state index in [4.69, 9.17) is 23.2 Å². The third kappa shape index (κ3) is 4.19. The summed E-state index contributed by atoms with van der Waals surface area (Å²) in [4.78, 5) is 16.0. The van der Waals surface area contributed by atoms with Gasteiger partial charge in [0.15, 0.2) is 0 Å². The number of benzene rings is 1. The molecule has 5 heteroatoms. The van der Waals surface area contributed by atoms with Gasteiger partial charge in [0.2, 0.25) is 0 Å². The predicted octanol–water partition coefficient (Wildman–Crippen LogP) is 4.44. The normalized spacial score (nSPS) is 12.0. The molecule has 0 aliphatic rings. The van der Waals surface area contributed by atoms with Crippen LogP contribution >= 0.6 is 23.2 Å². The summed E-state index contributed by atoms with van der Waals surface area (Å²) in [6.45, 7) is 4.04. The lowest BCUT2D eigenvalue weighted by Gasteiger charge is -2.15. The van der Waals surface area contributed by atoms with Crippen molar-refractivity contribution in [2.24, 2.45) is 0 Å². The Morgan fingerprint density at radius 2 is 1.76 bits per heavy atom. The van der Waals surface area contributed by atoms with Gasteiger partial charge in [0.05, 0.1) is 6.04 Å². The monoisotopic (exact) mass is 322 g/mol. The fraction of sp³-hybridized carbons (Fsp3) is 0.250. The van der Waals surface area contributed by atoms with Gasteiger partial charge in [0, 0.05) is 5.56 Å². The largest absolute Gasteiger partial charge is 0.346 e. The topological polar surface area (TPSA) is 42.0 Å². The van der Waals surface area contributed by atoms with Gasteiger partial charge in [-0.25, -0.2) is 4.98 Å². The molecule has 3 nitrogen and oxygen atoms in total. The van der Waals surface area contributed by atoms with Crippen LogP contribution < -0.4 is 5.32 Å². The van der Waals surface area contributed by atoms with Crippen LogP contribution in [0.5, 0.6) is 0 Å². The summed E-state index contributed by atoms with van der Waals surface area (Å²) in [5, 5.41) is 3.32. The van der Waals surface area contributed by atoms with Crippen LogP contribution in [0.4, 0.5) is 0 Å². The molecule has 0 bridgehead atoms. The van der Waals surface area contributed by atoms with Crippen LogP contribution in [0.3, 0.4) is 0 Å². The number of nitrogens with one attached hydrogen (secondary N) is 1. The number of hydrogen-bond donors (Lipinski definition) is 1. The standard InChI is InChI=1S/C16H16Cl2N2O/c1-3-11-4-6-12(7-5-11)10(2)19-16(21)13-8-14(17)20-15(18)9-13/h4-10H,3H2,1-2H3,(H,19,21). The maximum absolute atomic E-state index is 12.2. The van der Waals surface area contributed by atoms with E-state index in [1.807, 2.05) is 19.1 Å². The summed E-state index contributed by atoms with van der Waals surface area (Å²) in [7, 11) is 0. The van der Waals surface area contributed by atoms with E-state index < -0.39 is 0 Å². The van der Waals surface area contributed by atoms with Gasteiger partial charge in [-0.1, -0.05) is 54.4 Å². The van der Waals surface area contributed by atoms with Crippen LogP contribution in [-0.2, 0) is 6.42 Å². The van der Waals surface area contributed by atoms with E-state index in [-0.39, 0.29) is 22.3 Å². The van der Waals surface area contributed by atoms with Crippen molar-refractivity contribution in [1.82, 2.24) is 10.3 Å². The SMILES string of the molecule is CCc1ccc(C(C)NC(=O)c2cc(Cl)nc(Cl)c2)cc1. The molecular formula is C16H16Cl2N2O. The minimum absolute atomic E-state index is 0.103. The second kappa shape index (κ2) is 6.92. The number of hydrogen-bond acceptors (Lipinski definition) is 2. The zero-order valence-corrected chi connectivity index (χ0v) is 13.4. The summed E-state index contributed by atoms with van der Waals surface area (Å²) < 4.78 is 0. The summed E-state index contributed by atoms with van der Waals surface area (Å²) in [6.07, 6.45) is 0.995. The molecule has 1 aromatic carbocycles. The summed E-state index contributed by atoms with van der Waals surface area (Å²) >= 11 is 11.6. The second-order valence-corrected chi connectivity index (χ2v) is 5.57.